The predicted molar refractivity (Wildman–Crippen MR) is 57.3 cm³/mol. The number of nitrogens with zero attached hydrogens (tertiary/aromatic N) is 1. The fourth-order valence-corrected chi connectivity index (χ4v) is 3.04. The Morgan fingerprint density at radius 1 is 1.38 bits per heavy atom. The van der Waals surface area contributed by atoms with Crippen molar-refractivity contribution < 1.29 is 4.84 Å². The van der Waals surface area contributed by atoms with E-state index in [2.05, 4.69) is 12.1 Å². The molecule has 2 nitrogen and oxygen atoms in total. The van der Waals surface area contributed by atoms with E-state index in [1.54, 1.807) is 0 Å². The Morgan fingerprint density at radius 3 is 2.77 bits per heavy atom. The molecule has 0 aromatic carbocycles. The van der Waals surface area contributed by atoms with Crippen LogP contribution in [0, 0.1) is 5.92 Å². The second-order valence-corrected chi connectivity index (χ2v) is 5.04. The minimum absolute atomic E-state index is 0.422. The molecule has 0 N–H and O–H groups in total. The molecular weight excluding hydrogens is 182 g/mol. The maximum absolute atomic E-state index is 5.53. The maximum atomic E-state index is 5.53. The maximum Gasteiger partial charge on any atom is 0.127 e. The Hall–Kier alpha value is -0.180. The van der Waals surface area contributed by atoms with E-state index in [1.165, 1.54) is 37.1 Å². The van der Waals surface area contributed by atoms with Gasteiger partial charge in [-0.15, -0.1) is 0 Å². The molecule has 0 radical (unpaired) electrons. The first kappa shape index (κ1) is 9.38. The van der Waals surface area contributed by atoms with Crippen molar-refractivity contribution >= 4 is 17.5 Å². The summed E-state index contributed by atoms with van der Waals surface area (Å²) in [6.07, 6.45) is 5.47. The number of hydrogen-bond acceptors (Lipinski definition) is 3. The predicted octanol–water partition coefficient (Wildman–Crippen LogP) is 2.68. The van der Waals surface area contributed by atoms with Crippen molar-refractivity contribution in [3.05, 3.63) is 0 Å². The Morgan fingerprint density at radius 2 is 2.15 bits per heavy atom. The van der Waals surface area contributed by atoms with E-state index in [9.17, 15) is 0 Å². The zero-order valence-corrected chi connectivity index (χ0v) is 8.98. The summed E-state index contributed by atoms with van der Waals surface area (Å²) in [5, 5.41) is 4.28. The summed E-state index contributed by atoms with van der Waals surface area (Å²) >= 11 is 1.96. The van der Waals surface area contributed by atoms with Gasteiger partial charge in [0.05, 0.1) is 5.71 Å². The molecule has 0 amide bonds. The molecule has 1 heterocycles. The highest BCUT2D eigenvalue weighted by Gasteiger charge is 2.21. The summed E-state index contributed by atoms with van der Waals surface area (Å²) < 4.78 is 0. The highest BCUT2D eigenvalue weighted by atomic mass is 32.2. The number of oxime groups is 1. The molecule has 1 saturated heterocycles. The minimum Gasteiger partial charge on any atom is -0.393 e. The van der Waals surface area contributed by atoms with Crippen LogP contribution in [0.4, 0.5) is 0 Å². The van der Waals surface area contributed by atoms with Crippen LogP contribution in [-0.4, -0.2) is 23.3 Å². The van der Waals surface area contributed by atoms with Gasteiger partial charge < -0.3 is 4.84 Å². The third-order valence-electron chi connectivity index (χ3n) is 2.81. The van der Waals surface area contributed by atoms with Crippen molar-refractivity contribution in [3.63, 3.8) is 0 Å². The van der Waals surface area contributed by atoms with Gasteiger partial charge in [0.15, 0.2) is 0 Å². The van der Waals surface area contributed by atoms with Gasteiger partial charge >= 0.3 is 0 Å². The van der Waals surface area contributed by atoms with Gasteiger partial charge in [-0.1, -0.05) is 12.1 Å². The molecule has 2 aliphatic rings. The number of rotatable bonds is 2. The SMILES string of the molecule is CC1CSC/C1=N\OC1CCCC1. The van der Waals surface area contributed by atoms with Crippen LogP contribution in [0.1, 0.15) is 32.6 Å². The van der Waals surface area contributed by atoms with Crippen LogP contribution in [0.2, 0.25) is 0 Å². The molecule has 2 fully saturated rings. The van der Waals surface area contributed by atoms with Crippen molar-refractivity contribution in [3.8, 4) is 0 Å². The van der Waals surface area contributed by atoms with E-state index in [1.807, 2.05) is 11.8 Å². The molecule has 1 saturated carbocycles. The highest BCUT2D eigenvalue weighted by Crippen LogP contribution is 2.24. The summed E-state index contributed by atoms with van der Waals surface area (Å²) in [7, 11) is 0. The smallest absolute Gasteiger partial charge is 0.127 e. The second kappa shape index (κ2) is 4.36. The van der Waals surface area contributed by atoms with Crippen molar-refractivity contribution in [2.45, 2.75) is 38.7 Å². The fourth-order valence-electron chi connectivity index (χ4n) is 1.83. The Bertz CT molecular complexity index is 199. The molecule has 13 heavy (non-hydrogen) atoms. The van der Waals surface area contributed by atoms with E-state index in [4.69, 9.17) is 4.84 Å². The molecule has 0 spiro atoms. The van der Waals surface area contributed by atoms with Crippen LogP contribution in [0.25, 0.3) is 0 Å². The average molecular weight is 199 g/mol. The van der Waals surface area contributed by atoms with E-state index < -0.39 is 0 Å². The molecule has 0 bridgehead atoms. The molecule has 0 aromatic rings. The lowest BCUT2D eigenvalue weighted by Crippen LogP contribution is -2.11. The summed E-state index contributed by atoms with van der Waals surface area (Å²) in [5.41, 5.74) is 1.26. The third kappa shape index (κ3) is 2.39. The molecule has 74 valence electrons. The number of thioether (sulfide) groups is 1. The summed E-state index contributed by atoms with van der Waals surface area (Å²) in [4.78, 5) is 5.53. The zero-order chi connectivity index (χ0) is 9.10. The Labute approximate surface area is 84.1 Å². The van der Waals surface area contributed by atoms with E-state index in [-0.39, 0.29) is 0 Å². The van der Waals surface area contributed by atoms with Gasteiger partial charge in [0.25, 0.3) is 0 Å². The van der Waals surface area contributed by atoms with Gasteiger partial charge in [-0.25, -0.2) is 0 Å². The van der Waals surface area contributed by atoms with Crippen LogP contribution in [-0.2, 0) is 4.84 Å². The quantitative estimate of drug-likeness (QED) is 0.638. The lowest BCUT2D eigenvalue weighted by molar-refractivity contribution is 0.0635. The van der Waals surface area contributed by atoms with E-state index >= 15 is 0 Å². The lowest BCUT2D eigenvalue weighted by atomic mass is 10.1. The van der Waals surface area contributed by atoms with Crippen LogP contribution < -0.4 is 0 Å². The fraction of sp³-hybridized carbons (Fsp3) is 0.900. The van der Waals surface area contributed by atoms with E-state index in [0.717, 1.165) is 5.75 Å². The molecule has 1 atom stereocenters. The zero-order valence-electron chi connectivity index (χ0n) is 8.16. The monoisotopic (exact) mass is 199 g/mol. The highest BCUT2D eigenvalue weighted by molar-refractivity contribution is 8.00. The Kier molecular flexibility index (Phi) is 3.14. The largest absolute Gasteiger partial charge is 0.393 e. The van der Waals surface area contributed by atoms with Crippen molar-refractivity contribution in [2.75, 3.05) is 11.5 Å². The average Bonchev–Trinajstić information content (AvgIpc) is 2.72. The third-order valence-corrected chi connectivity index (χ3v) is 4.04. The molecule has 1 aliphatic carbocycles. The summed E-state index contributed by atoms with van der Waals surface area (Å²) in [6, 6.07) is 0. The molecule has 2 rings (SSSR count). The minimum atomic E-state index is 0.422. The molecule has 1 aliphatic heterocycles. The lowest BCUT2D eigenvalue weighted by Gasteiger charge is -2.08. The van der Waals surface area contributed by atoms with Crippen LogP contribution >= 0.6 is 11.8 Å². The van der Waals surface area contributed by atoms with Crippen LogP contribution in [0.5, 0.6) is 0 Å². The van der Waals surface area contributed by atoms with Crippen molar-refractivity contribution in [1.82, 2.24) is 0 Å². The van der Waals surface area contributed by atoms with Gasteiger partial charge in [-0.05, 0) is 25.7 Å². The van der Waals surface area contributed by atoms with Crippen molar-refractivity contribution in [2.24, 2.45) is 11.1 Å². The molecule has 0 aromatic heterocycles. The van der Waals surface area contributed by atoms with Gasteiger partial charge in [0, 0.05) is 17.4 Å². The van der Waals surface area contributed by atoms with E-state index in [0.29, 0.717) is 12.0 Å². The molecule has 1 unspecified atom stereocenters. The summed E-state index contributed by atoms with van der Waals surface area (Å²) in [5.74, 6) is 2.92. The second-order valence-electron chi connectivity index (χ2n) is 4.01. The number of hydrogen-bond donors (Lipinski definition) is 0. The first-order chi connectivity index (χ1) is 6.36. The van der Waals surface area contributed by atoms with Crippen LogP contribution in [0.15, 0.2) is 5.16 Å². The van der Waals surface area contributed by atoms with Crippen molar-refractivity contribution in [1.29, 1.82) is 0 Å². The van der Waals surface area contributed by atoms with Crippen LogP contribution in [0.3, 0.4) is 0 Å². The topological polar surface area (TPSA) is 21.6 Å². The first-order valence-corrected chi connectivity index (χ1v) is 6.32. The van der Waals surface area contributed by atoms with Gasteiger partial charge in [0.2, 0.25) is 0 Å². The molecular formula is C10H17NOS. The Balaban J connectivity index is 1.81. The standard InChI is InChI=1S/C10H17NOS/c1-8-6-13-7-10(8)11-12-9-4-2-3-5-9/h8-9H,2-7H2,1H3/b11-10+. The van der Waals surface area contributed by atoms with Gasteiger partial charge in [-0.3, -0.25) is 0 Å². The molecule has 3 heteroatoms. The van der Waals surface area contributed by atoms with Gasteiger partial charge in [0.1, 0.15) is 6.10 Å². The first-order valence-electron chi connectivity index (χ1n) is 5.16. The summed E-state index contributed by atoms with van der Waals surface area (Å²) in [6.45, 7) is 2.23. The normalized spacial score (nSPS) is 33.0. The van der Waals surface area contributed by atoms with Gasteiger partial charge in [-0.2, -0.15) is 11.8 Å².